The number of aromatic nitrogens is 4. The van der Waals surface area contributed by atoms with E-state index >= 15 is 0 Å². The normalized spacial score (nSPS) is 11.6. The highest BCUT2D eigenvalue weighted by Crippen LogP contribution is 2.33. The van der Waals surface area contributed by atoms with Crippen LogP contribution in [-0.2, 0) is 11.3 Å². The molecular formula is C28H22Cl2N4O4S. The maximum atomic E-state index is 12.2. The Hall–Kier alpha value is -3.92. The minimum Gasteiger partial charge on any atom is -0.497 e. The predicted molar refractivity (Wildman–Crippen MR) is 154 cm³/mol. The van der Waals surface area contributed by atoms with Gasteiger partial charge in [0.2, 0.25) is 5.16 Å². The lowest BCUT2D eigenvalue weighted by Crippen LogP contribution is -1.98. The largest absolute Gasteiger partial charge is 0.497 e. The first kappa shape index (κ1) is 26.7. The summed E-state index contributed by atoms with van der Waals surface area (Å²) < 4.78 is 12.7. The van der Waals surface area contributed by atoms with Crippen LogP contribution in [0.1, 0.15) is 11.1 Å². The minimum atomic E-state index is -1.09. The van der Waals surface area contributed by atoms with Crippen molar-refractivity contribution in [3.63, 3.8) is 0 Å². The second-order valence-corrected chi connectivity index (χ2v) is 10.3. The Kier molecular flexibility index (Phi) is 7.83. The van der Waals surface area contributed by atoms with E-state index in [0.29, 0.717) is 39.5 Å². The molecular weight excluding hydrogens is 559 g/mol. The van der Waals surface area contributed by atoms with Crippen LogP contribution < -0.4 is 9.47 Å². The summed E-state index contributed by atoms with van der Waals surface area (Å²) in [5.41, 5.74) is 3.37. The van der Waals surface area contributed by atoms with Crippen molar-refractivity contribution in [1.29, 1.82) is 0 Å². The quantitative estimate of drug-likeness (QED) is 0.143. The molecule has 198 valence electrons. The third-order valence-electron chi connectivity index (χ3n) is 5.94. The van der Waals surface area contributed by atoms with Gasteiger partial charge in [0.15, 0.2) is 5.82 Å². The molecule has 0 saturated heterocycles. The number of hydrogen-bond donors (Lipinski definition) is 2. The Bertz CT molecular complexity index is 1690. The van der Waals surface area contributed by atoms with E-state index in [0.717, 1.165) is 33.8 Å². The van der Waals surface area contributed by atoms with Crippen LogP contribution in [0.4, 0.5) is 0 Å². The number of carboxylic acids is 1. The van der Waals surface area contributed by atoms with Gasteiger partial charge in [0.1, 0.15) is 16.4 Å². The highest BCUT2D eigenvalue weighted by Gasteiger charge is 2.17. The first-order chi connectivity index (χ1) is 18.8. The molecule has 0 atom stereocenters. The Labute approximate surface area is 238 Å². The third-order valence-corrected chi connectivity index (χ3v) is 7.56. The lowest BCUT2D eigenvalue weighted by atomic mass is 10.1. The topological polar surface area (TPSA) is 102 Å². The molecule has 5 rings (SSSR count). The molecule has 3 aromatic carbocycles. The summed E-state index contributed by atoms with van der Waals surface area (Å²) in [6, 6.07) is 18.6. The van der Waals surface area contributed by atoms with Crippen molar-refractivity contribution in [3.8, 4) is 22.9 Å². The fraction of sp³-hybridized carbons (Fsp3) is 0.107. The van der Waals surface area contributed by atoms with E-state index in [9.17, 15) is 9.90 Å². The maximum absolute atomic E-state index is 12.2. The van der Waals surface area contributed by atoms with Crippen LogP contribution in [0.15, 0.2) is 76.9 Å². The molecule has 0 aliphatic heterocycles. The van der Waals surface area contributed by atoms with Gasteiger partial charge in [-0.05, 0) is 53.7 Å². The summed E-state index contributed by atoms with van der Waals surface area (Å²) in [5.74, 6) is 0.560. The molecule has 39 heavy (non-hydrogen) atoms. The number of fused-ring (bicyclic) bond motifs is 1. The zero-order valence-corrected chi connectivity index (χ0v) is 23.1. The summed E-state index contributed by atoms with van der Waals surface area (Å²) in [4.78, 5) is 16.8. The second kappa shape index (κ2) is 11.4. The molecule has 8 nitrogen and oxygen atoms in total. The van der Waals surface area contributed by atoms with Crippen LogP contribution >= 0.6 is 35.0 Å². The Morgan fingerprint density at radius 1 is 1.05 bits per heavy atom. The van der Waals surface area contributed by atoms with Crippen LogP contribution in [0.3, 0.4) is 0 Å². The van der Waals surface area contributed by atoms with Gasteiger partial charge in [0.05, 0.1) is 24.3 Å². The van der Waals surface area contributed by atoms with Crippen molar-refractivity contribution in [2.45, 2.75) is 11.7 Å². The van der Waals surface area contributed by atoms with Crippen LogP contribution in [0.25, 0.3) is 28.4 Å². The molecule has 0 radical (unpaired) electrons. The first-order valence-corrected chi connectivity index (χ1v) is 13.2. The zero-order chi connectivity index (χ0) is 27.5. The van der Waals surface area contributed by atoms with E-state index in [-0.39, 0.29) is 10.1 Å². The Balaban J connectivity index is 1.46. The number of benzene rings is 3. The highest BCUT2D eigenvalue weighted by molar-refractivity contribution is 8.04. The van der Waals surface area contributed by atoms with Gasteiger partial charge in [-0.3, -0.25) is 5.10 Å². The van der Waals surface area contributed by atoms with Crippen molar-refractivity contribution in [2.24, 2.45) is 0 Å². The number of halogens is 2. The van der Waals surface area contributed by atoms with E-state index in [1.807, 2.05) is 47.2 Å². The second-order valence-electron chi connectivity index (χ2n) is 8.46. The Morgan fingerprint density at radius 3 is 2.49 bits per heavy atom. The van der Waals surface area contributed by atoms with E-state index in [2.05, 4.69) is 15.2 Å². The molecule has 2 heterocycles. The fourth-order valence-corrected chi connectivity index (χ4v) is 5.11. The molecule has 0 fully saturated rings. The minimum absolute atomic E-state index is 0.0706. The molecule has 0 aliphatic rings. The van der Waals surface area contributed by atoms with Crippen LogP contribution in [0.2, 0.25) is 10.0 Å². The summed E-state index contributed by atoms with van der Waals surface area (Å²) in [6.07, 6.45) is 3.55. The third kappa shape index (κ3) is 5.90. The molecule has 0 bridgehead atoms. The van der Waals surface area contributed by atoms with E-state index in [1.54, 1.807) is 44.6 Å². The number of aliphatic carboxylic acids is 1. The zero-order valence-electron chi connectivity index (χ0n) is 20.8. The average molecular weight is 581 g/mol. The van der Waals surface area contributed by atoms with Crippen molar-refractivity contribution in [2.75, 3.05) is 14.2 Å². The molecule has 2 aromatic heterocycles. The lowest BCUT2D eigenvalue weighted by molar-refractivity contribution is -0.131. The number of rotatable bonds is 9. The van der Waals surface area contributed by atoms with Crippen molar-refractivity contribution in [1.82, 2.24) is 19.7 Å². The maximum Gasteiger partial charge on any atom is 0.342 e. The fourth-order valence-electron chi connectivity index (χ4n) is 4.10. The van der Waals surface area contributed by atoms with E-state index < -0.39 is 5.97 Å². The molecule has 0 amide bonds. The number of carboxylic acid groups (broad SMARTS) is 1. The number of thioether (sulfide) groups is 1. The van der Waals surface area contributed by atoms with E-state index in [4.69, 9.17) is 32.7 Å². The van der Waals surface area contributed by atoms with Gasteiger partial charge in [0.25, 0.3) is 0 Å². The monoisotopic (exact) mass is 580 g/mol. The molecule has 0 unspecified atom stereocenters. The molecule has 5 aromatic rings. The van der Waals surface area contributed by atoms with Gasteiger partial charge < -0.3 is 19.1 Å². The van der Waals surface area contributed by atoms with Gasteiger partial charge in [-0.2, -0.15) is 0 Å². The van der Waals surface area contributed by atoms with Gasteiger partial charge in [0, 0.05) is 40.8 Å². The smallest absolute Gasteiger partial charge is 0.342 e. The van der Waals surface area contributed by atoms with Gasteiger partial charge in [-0.15, -0.1) is 5.10 Å². The molecule has 0 aliphatic carbocycles. The van der Waals surface area contributed by atoms with Gasteiger partial charge >= 0.3 is 5.97 Å². The summed E-state index contributed by atoms with van der Waals surface area (Å²) in [7, 11) is 3.12. The first-order valence-electron chi connectivity index (χ1n) is 11.6. The molecule has 2 N–H and O–H groups in total. The number of nitrogens with zero attached hydrogens (tertiary/aromatic N) is 3. The standard InChI is InChI=1S/C28H22Cl2N4O4S/c1-37-19-10-17(11-20(13-19)38-2)26-31-28(33-32-26)39-25(27(35)36)12-18-15-34(24-6-4-3-5-21(18)24)14-16-7-8-22(29)23(30)9-16/h3-13,15H,14H2,1-2H3,(H,35,36)(H,31,32,33)/b25-12-. The number of aromatic amines is 1. The number of H-pyrrole nitrogens is 1. The number of ether oxygens (including phenoxy) is 2. The number of hydrogen-bond acceptors (Lipinski definition) is 6. The molecule has 0 spiro atoms. The average Bonchev–Trinajstić information content (AvgIpc) is 3.55. The summed E-state index contributed by atoms with van der Waals surface area (Å²) >= 11 is 13.2. The van der Waals surface area contributed by atoms with Crippen molar-refractivity contribution >= 4 is 57.9 Å². The van der Waals surface area contributed by atoms with Gasteiger partial charge in [-0.25, -0.2) is 9.78 Å². The van der Waals surface area contributed by atoms with Gasteiger partial charge in [-0.1, -0.05) is 47.5 Å². The highest BCUT2D eigenvalue weighted by atomic mass is 35.5. The van der Waals surface area contributed by atoms with Crippen molar-refractivity contribution in [3.05, 3.63) is 92.9 Å². The molecule has 11 heteroatoms. The predicted octanol–water partition coefficient (Wildman–Crippen LogP) is 7.02. The van der Waals surface area contributed by atoms with Crippen molar-refractivity contribution < 1.29 is 19.4 Å². The summed E-state index contributed by atoms with van der Waals surface area (Å²) in [5, 5.41) is 19.2. The number of carbonyl (C=O) groups is 1. The van der Waals surface area contributed by atoms with Crippen LogP contribution in [0.5, 0.6) is 11.5 Å². The lowest BCUT2D eigenvalue weighted by Gasteiger charge is -2.06. The summed E-state index contributed by atoms with van der Waals surface area (Å²) in [6.45, 7) is 0.537. The number of para-hydroxylation sites is 1. The number of nitrogens with one attached hydrogen (secondary N) is 1. The van der Waals surface area contributed by atoms with Crippen LogP contribution in [-0.4, -0.2) is 45.0 Å². The van der Waals surface area contributed by atoms with Crippen LogP contribution in [0, 0.1) is 0 Å². The molecule has 0 saturated carbocycles. The van der Waals surface area contributed by atoms with E-state index in [1.165, 1.54) is 0 Å². The Morgan fingerprint density at radius 2 is 1.79 bits per heavy atom. The SMILES string of the molecule is COc1cc(OC)cc(-c2nc(S/C(=C\c3cn(Cc4ccc(Cl)c(Cl)c4)c4ccccc34)C(=O)O)n[nH]2)c1. The number of methoxy groups -OCH3 is 2.